The lowest BCUT2D eigenvalue weighted by atomic mass is 10.2. The average Bonchev–Trinajstić information content (AvgIpc) is 2.54. The van der Waals surface area contributed by atoms with E-state index < -0.39 is 18.0 Å². The molecule has 25 heavy (non-hydrogen) atoms. The number of hydrogen-bond donors (Lipinski definition) is 1. The quantitative estimate of drug-likeness (QED) is 0.727. The van der Waals surface area contributed by atoms with Crippen molar-refractivity contribution in [2.75, 3.05) is 12.4 Å². The highest BCUT2D eigenvalue weighted by atomic mass is 35.5. The van der Waals surface area contributed by atoms with Crippen LogP contribution in [0.25, 0.3) is 0 Å². The van der Waals surface area contributed by atoms with E-state index in [2.05, 4.69) is 5.32 Å². The molecule has 0 heterocycles. The summed E-state index contributed by atoms with van der Waals surface area (Å²) in [6, 6.07) is 9.12. The van der Waals surface area contributed by atoms with Gasteiger partial charge in [0, 0.05) is 10.7 Å². The summed E-state index contributed by atoms with van der Waals surface area (Å²) in [6.07, 6.45) is -1.04. The van der Waals surface area contributed by atoms with Crippen LogP contribution in [0.15, 0.2) is 36.4 Å². The first-order chi connectivity index (χ1) is 11.8. The molecule has 5 nitrogen and oxygen atoms in total. The molecule has 132 valence electrons. The van der Waals surface area contributed by atoms with Crippen molar-refractivity contribution in [2.45, 2.75) is 13.0 Å². The maximum Gasteiger partial charge on any atom is 0.340 e. The van der Waals surface area contributed by atoms with E-state index in [1.54, 1.807) is 12.1 Å². The molecule has 2 aromatic carbocycles. The molecule has 2 rings (SSSR count). The Labute approximate surface area is 159 Å². The fourth-order valence-electron chi connectivity index (χ4n) is 1.92. The molecule has 0 aliphatic rings. The van der Waals surface area contributed by atoms with Crippen molar-refractivity contribution < 1.29 is 19.1 Å². The number of methoxy groups -OCH3 is 1. The van der Waals surface area contributed by atoms with E-state index in [-0.39, 0.29) is 10.6 Å². The van der Waals surface area contributed by atoms with Crippen LogP contribution in [0.5, 0.6) is 5.75 Å². The van der Waals surface area contributed by atoms with Crippen molar-refractivity contribution in [1.82, 2.24) is 0 Å². The third-order valence-electron chi connectivity index (χ3n) is 3.22. The second-order valence-electron chi connectivity index (χ2n) is 5.01. The van der Waals surface area contributed by atoms with Crippen LogP contribution in [0.1, 0.15) is 17.3 Å². The maximum atomic E-state index is 12.2. The lowest BCUT2D eigenvalue weighted by Crippen LogP contribution is -2.30. The molecule has 0 unspecified atom stereocenters. The van der Waals surface area contributed by atoms with Crippen molar-refractivity contribution in [1.29, 1.82) is 0 Å². The SMILES string of the molecule is COc1ccc(NC(=O)[C@@H](C)OC(=O)c2ccc(Cl)cc2Cl)cc1Cl. The van der Waals surface area contributed by atoms with Crippen LogP contribution in [0.2, 0.25) is 15.1 Å². The zero-order chi connectivity index (χ0) is 18.6. The Morgan fingerprint density at radius 1 is 1.04 bits per heavy atom. The van der Waals surface area contributed by atoms with Gasteiger partial charge in [0.05, 0.1) is 22.7 Å². The van der Waals surface area contributed by atoms with Gasteiger partial charge in [-0.05, 0) is 43.3 Å². The summed E-state index contributed by atoms with van der Waals surface area (Å²) in [5.74, 6) is -0.756. The first kappa shape index (κ1) is 19.4. The predicted octanol–water partition coefficient (Wildman–Crippen LogP) is 4.84. The third-order valence-corrected chi connectivity index (χ3v) is 4.07. The number of esters is 1. The van der Waals surface area contributed by atoms with Crippen molar-refractivity contribution in [2.24, 2.45) is 0 Å². The van der Waals surface area contributed by atoms with E-state index in [0.717, 1.165) is 0 Å². The zero-order valence-corrected chi connectivity index (χ0v) is 15.6. The van der Waals surface area contributed by atoms with Crippen molar-refractivity contribution in [3.8, 4) is 5.75 Å². The molecular weight excluding hydrogens is 389 g/mol. The number of hydrogen-bond acceptors (Lipinski definition) is 4. The fourth-order valence-corrected chi connectivity index (χ4v) is 2.66. The van der Waals surface area contributed by atoms with E-state index in [1.807, 2.05) is 0 Å². The minimum atomic E-state index is -1.04. The number of rotatable bonds is 5. The van der Waals surface area contributed by atoms with E-state index in [1.165, 1.54) is 38.3 Å². The van der Waals surface area contributed by atoms with Gasteiger partial charge in [-0.1, -0.05) is 34.8 Å². The Bertz CT molecular complexity index is 810. The third kappa shape index (κ3) is 5.01. The molecule has 0 saturated carbocycles. The number of nitrogens with one attached hydrogen (secondary N) is 1. The second kappa shape index (κ2) is 8.43. The number of anilines is 1. The van der Waals surface area contributed by atoms with Crippen LogP contribution in [0.4, 0.5) is 5.69 Å². The highest BCUT2D eigenvalue weighted by Gasteiger charge is 2.21. The number of halogens is 3. The van der Waals surface area contributed by atoms with Gasteiger partial charge in [-0.3, -0.25) is 4.79 Å². The molecule has 0 fully saturated rings. The van der Waals surface area contributed by atoms with Crippen molar-refractivity contribution in [3.63, 3.8) is 0 Å². The standard InChI is InChI=1S/C17H14Cl3NO4/c1-9(25-17(23)12-5-3-10(18)7-13(12)19)16(22)21-11-4-6-15(24-2)14(20)8-11/h3-9H,1-2H3,(H,21,22)/t9-/m1/s1. The van der Waals surface area contributed by atoms with Gasteiger partial charge in [0.15, 0.2) is 6.10 Å². The largest absolute Gasteiger partial charge is 0.495 e. The Balaban J connectivity index is 2.02. The molecule has 1 N–H and O–H groups in total. The molecular formula is C17H14Cl3NO4. The summed E-state index contributed by atoms with van der Waals surface area (Å²) in [4.78, 5) is 24.3. The minimum Gasteiger partial charge on any atom is -0.495 e. The monoisotopic (exact) mass is 401 g/mol. The topological polar surface area (TPSA) is 64.6 Å². The minimum absolute atomic E-state index is 0.123. The number of carbonyl (C=O) groups excluding carboxylic acids is 2. The molecule has 0 radical (unpaired) electrons. The lowest BCUT2D eigenvalue weighted by molar-refractivity contribution is -0.123. The first-order valence-electron chi connectivity index (χ1n) is 7.12. The highest BCUT2D eigenvalue weighted by Crippen LogP contribution is 2.27. The summed E-state index contributed by atoms with van der Waals surface area (Å²) in [6.45, 7) is 1.45. The first-order valence-corrected chi connectivity index (χ1v) is 8.25. The van der Waals surface area contributed by atoms with Gasteiger partial charge in [0.2, 0.25) is 0 Å². The summed E-state index contributed by atoms with van der Waals surface area (Å²) >= 11 is 17.7. The van der Waals surface area contributed by atoms with Gasteiger partial charge in [0.1, 0.15) is 5.75 Å². The molecule has 8 heteroatoms. The predicted molar refractivity (Wildman–Crippen MR) is 98.0 cm³/mol. The van der Waals surface area contributed by atoms with Crippen LogP contribution in [-0.4, -0.2) is 25.1 Å². The van der Waals surface area contributed by atoms with Crippen molar-refractivity contribution in [3.05, 3.63) is 57.0 Å². The normalized spacial score (nSPS) is 11.6. The van der Waals surface area contributed by atoms with Crippen LogP contribution < -0.4 is 10.1 Å². The Kier molecular flexibility index (Phi) is 6.53. The van der Waals surface area contributed by atoms with Crippen LogP contribution in [-0.2, 0) is 9.53 Å². The molecule has 2 aromatic rings. The molecule has 0 aliphatic carbocycles. The molecule has 1 amide bonds. The molecule has 0 aromatic heterocycles. The molecule has 0 saturated heterocycles. The van der Waals surface area contributed by atoms with Gasteiger partial charge < -0.3 is 14.8 Å². The number of benzene rings is 2. The second-order valence-corrected chi connectivity index (χ2v) is 6.26. The van der Waals surface area contributed by atoms with Crippen LogP contribution >= 0.6 is 34.8 Å². The smallest absolute Gasteiger partial charge is 0.340 e. The number of amides is 1. The molecule has 0 aliphatic heterocycles. The van der Waals surface area contributed by atoms with Gasteiger partial charge in [-0.15, -0.1) is 0 Å². The maximum absolute atomic E-state index is 12.2. The van der Waals surface area contributed by atoms with Crippen LogP contribution in [0, 0.1) is 0 Å². The lowest BCUT2D eigenvalue weighted by Gasteiger charge is -2.14. The summed E-state index contributed by atoms with van der Waals surface area (Å²) in [5, 5.41) is 3.49. The summed E-state index contributed by atoms with van der Waals surface area (Å²) < 4.78 is 10.2. The summed E-state index contributed by atoms with van der Waals surface area (Å²) in [7, 11) is 1.49. The van der Waals surface area contributed by atoms with E-state index in [4.69, 9.17) is 44.3 Å². The van der Waals surface area contributed by atoms with Gasteiger partial charge >= 0.3 is 5.97 Å². The Morgan fingerprint density at radius 3 is 2.36 bits per heavy atom. The van der Waals surface area contributed by atoms with E-state index >= 15 is 0 Å². The Morgan fingerprint density at radius 2 is 1.76 bits per heavy atom. The fraction of sp³-hybridized carbons (Fsp3) is 0.176. The van der Waals surface area contributed by atoms with E-state index in [9.17, 15) is 9.59 Å². The van der Waals surface area contributed by atoms with Crippen molar-refractivity contribution >= 4 is 52.4 Å². The van der Waals surface area contributed by atoms with Gasteiger partial charge in [0.25, 0.3) is 5.91 Å². The molecule has 1 atom stereocenters. The van der Waals surface area contributed by atoms with E-state index in [0.29, 0.717) is 21.5 Å². The number of carbonyl (C=O) groups is 2. The molecule has 0 spiro atoms. The summed E-state index contributed by atoms with van der Waals surface area (Å²) in [5.41, 5.74) is 0.571. The highest BCUT2D eigenvalue weighted by molar-refractivity contribution is 6.36. The van der Waals surface area contributed by atoms with Gasteiger partial charge in [-0.2, -0.15) is 0 Å². The van der Waals surface area contributed by atoms with Crippen LogP contribution in [0.3, 0.4) is 0 Å². The van der Waals surface area contributed by atoms with Gasteiger partial charge in [-0.25, -0.2) is 4.79 Å². The average molecular weight is 403 g/mol. The zero-order valence-electron chi connectivity index (χ0n) is 13.3. The number of ether oxygens (including phenoxy) is 2. The molecule has 0 bridgehead atoms. The Hall–Kier alpha value is -1.95.